The van der Waals surface area contributed by atoms with Gasteiger partial charge in [0.05, 0.1) is 0 Å². The van der Waals surface area contributed by atoms with Gasteiger partial charge in [-0.2, -0.15) is 4.98 Å². The van der Waals surface area contributed by atoms with E-state index in [1.54, 1.807) is 17.0 Å². The monoisotopic (exact) mass is 366 g/mol. The first-order valence-corrected chi connectivity index (χ1v) is 8.84. The molecule has 1 atom stereocenters. The van der Waals surface area contributed by atoms with E-state index in [0.717, 1.165) is 24.1 Å². The van der Waals surface area contributed by atoms with E-state index in [9.17, 15) is 9.18 Å². The van der Waals surface area contributed by atoms with Crippen LogP contribution in [0, 0.1) is 12.7 Å². The zero-order chi connectivity index (χ0) is 18.8. The van der Waals surface area contributed by atoms with Crippen molar-refractivity contribution < 1.29 is 13.7 Å². The molecule has 0 radical (unpaired) electrons. The predicted octanol–water partition coefficient (Wildman–Crippen LogP) is 4.55. The average Bonchev–Trinajstić information content (AvgIpc) is 3.33. The number of hydrogen-bond donors (Lipinski definition) is 1. The number of nitrogens with one attached hydrogen (secondary N) is 1. The largest absolute Gasteiger partial charge is 0.337 e. The van der Waals surface area contributed by atoms with Gasteiger partial charge in [-0.15, -0.1) is 0 Å². The van der Waals surface area contributed by atoms with Crippen LogP contribution in [0.4, 0.5) is 14.9 Å². The van der Waals surface area contributed by atoms with Crippen molar-refractivity contribution in [1.29, 1.82) is 0 Å². The van der Waals surface area contributed by atoms with Crippen molar-refractivity contribution in [3.8, 4) is 11.4 Å². The van der Waals surface area contributed by atoms with Crippen LogP contribution < -0.4 is 5.32 Å². The molecule has 1 N–H and O–H groups in total. The number of anilines is 1. The summed E-state index contributed by atoms with van der Waals surface area (Å²) in [5, 5.41) is 6.94. The minimum absolute atomic E-state index is 0.187. The summed E-state index contributed by atoms with van der Waals surface area (Å²) in [6, 6.07) is 13.1. The molecule has 1 aromatic heterocycles. The summed E-state index contributed by atoms with van der Waals surface area (Å²) in [4.78, 5) is 18.9. The summed E-state index contributed by atoms with van der Waals surface area (Å²) in [6.07, 6.45) is 1.62. The molecule has 1 saturated heterocycles. The van der Waals surface area contributed by atoms with Crippen molar-refractivity contribution in [2.24, 2.45) is 0 Å². The van der Waals surface area contributed by atoms with Crippen LogP contribution in [-0.4, -0.2) is 27.6 Å². The van der Waals surface area contributed by atoms with Gasteiger partial charge in [-0.25, -0.2) is 9.18 Å². The number of carbonyl (C=O) groups is 1. The highest BCUT2D eigenvalue weighted by Gasteiger charge is 2.34. The number of hydrogen-bond acceptors (Lipinski definition) is 4. The molecule has 1 aliphatic heterocycles. The van der Waals surface area contributed by atoms with Crippen LogP contribution in [0.3, 0.4) is 0 Å². The fourth-order valence-electron chi connectivity index (χ4n) is 3.25. The molecule has 0 aliphatic carbocycles. The van der Waals surface area contributed by atoms with Gasteiger partial charge in [-0.1, -0.05) is 23.4 Å². The second-order valence-corrected chi connectivity index (χ2v) is 6.56. The van der Waals surface area contributed by atoms with Crippen molar-refractivity contribution in [2.45, 2.75) is 25.8 Å². The molecule has 0 bridgehead atoms. The van der Waals surface area contributed by atoms with Crippen LogP contribution in [0.25, 0.3) is 11.4 Å². The fourth-order valence-corrected chi connectivity index (χ4v) is 3.25. The van der Waals surface area contributed by atoms with E-state index in [2.05, 4.69) is 15.5 Å². The van der Waals surface area contributed by atoms with Crippen molar-refractivity contribution in [1.82, 2.24) is 15.0 Å². The van der Waals surface area contributed by atoms with Crippen molar-refractivity contribution in [2.75, 3.05) is 11.9 Å². The topological polar surface area (TPSA) is 71.3 Å². The maximum absolute atomic E-state index is 13.1. The number of nitrogens with zero attached hydrogens (tertiary/aromatic N) is 3. The minimum atomic E-state index is -0.322. The van der Waals surface area contributed by atoms with Crippen molar-refractivity contribution in [3.63, 3.8) is 0 Å². The second kappa shape index (κ2) is 7.19. The third kappa shape index (κ3) is 3.53. The van der Waals surface area contributed by atoms with Crippen LogP contribution in [-0.2, 0) is 0 Å². The number of halogens is 1. The highest BCUT2D eigenvalue weighted by Crippen LogP contribution is 2.32. The highest BCUT2D eigenvalue weighted by atomic mass is 19.1. The molecule has 27 heavy (non-hydrogen) atoms. The molecule has 1 unspecified atom stereocenters. The van der Waals surface area contributed by atoms with Gasteiger partial charge in [0.2, 0.25) is 11.7 Å². The first kappa shape index (κ1) is 17.2. The van der Waals surface area contributed by atoms with Crippen LogP contribution in [0.5, 0.6) is 0 Å². The smallest absolute Gasteiger partial charge is 0.322 e. The maximum Gasteiger partial charge on any atom is 0.322 e. The number of benzene rings is 2. The van der Waals surface area contributed by atoms with Crippen LogP contribution in [0.1, 0.15) is 30.3 Å². The number of aromatic nitrogens is 2. The normalized spacial score (nSPS) is 16.5. The van der Waals surface area contributed by atoms with Crippen LogP contribution in [0.15, 0.2) is 53.1 Å². The number of rotatable bonds is 3. The molecule has 0 spiro atoms. The van der Waals surface area contributed by atoms with E-state index >= 15 is 0 Å². The Morgan fingerprint density at radius 1 is 1.22 bits per heavy atom. The number of urea groups is 1. The summed E-state index contributed by atoms with van der Waals surface area (Å²) in [6.45, 7) is 2.57. The van der Waals surface area contributed by atoms with E-state index in [0.29, 0.717) is 23.8 Å². The molecule has 138 valence electrons. The van der Waals surface area contributed by atoms with E-state index in [-0.39, 0.29) is 17.9 Å². The Bertz CT molecular complexity index is 955. The molecule has 3 aromatic rings. The first-order chi connectivity index (χ1) is 13.1. The Labute approximate surface area is 156 Å². The van der Waals surface area contributed by atoms with Gasteiger partial charge in [0.15, 0.2) is 0 Å². The van der Waals surface area contributed by atoms with Gasteiger partial charge in [0.1, 0.15) is 11.9 Å². The zero-order valence-electron chi connectivity index (χ0n) is 14.9. The van der Waals surface area contributed by atoms with E-state index < -0.39 is 0 Å². The van der Waals surface area contributed by atoms with E-state index in [1.807, 2.05) is 31.2 Å². The van der Waals surface area contributed by atoms with Gasteiger partial charge in [0.25, 0.3) is 0 Å². The molecular formula is C20H19FN4O2. The lowest BCUT2D eigenvalue weighted by atomic mass is 10.2. The van der Waals surface area contributed by atoms with Gasteiger partial charge in [-0.05, 0) is 55.7 Å². The Balaban J connectivity index is 1.52. The van der Waals surface area contributed by atoms with Crippen LogP contribution >= 0.6 is 0 Å². The Morgan fingerprint density at radius 3 is 2.78 bits per heavy atom. The van der Waals surface area contributed by atoms with Gasteiger partial charge in [-0.3, -0.25) is 0 Å². The van der Waals surface area contributed by atoms with Gasteiger partial charge in [0, 0.05) is 17.8 Å². The Hall–Kier alpha value is -3.22. The first-order valence-electron chi connectivity index (χ1n) is 8.84. The molecule has 2 amide bonds. The minimum Gasteiger partial charge on any atom is -0.337 e. The summed E-state index contributed by atoms with van der Waals surface area (Å²) in [7, 11) is 0. The number of aryl methyl sites for hydroxylation is 1. The number of likely N-dealkylation sites (tertiary alicyclic amines) is 1. The Morgan fingerprint density at radius 2 is 2.00 bits per heavy atom. The van der Waals surface area contributed by atoms with E-state index in [1.165, 1.54) is 12.1 Å². The molecule has 7 heteroatoms. The third-order valence-corrected chi connectivity index (χ3v) is 4.73. The fraction of sp³-hybridized carbons (Fsp3) is 0.250. The van der Waals surface area contributed by atoms with Crippen molar-refractivity contribution in [3.05, 3.63) is 65.8 Å². The standard InChI is InChI=1S/C20H19FN4O2/c1-13-5-2-3-6-16(13)22-20(26)25-12-4-7-17(25)19-23-18(24-27-19)14-8-10-15(21)11-9-14/h2-3,5-6,8-11,17H,4,7,12H2,1H3,(H,22,26). The lowest BCUT2D eigenvalue weighted by Crippen LogP contribution is -2.34. The van der Waals surface area contributed by atoms with Crippen molar-refractivity contribution >= 4 is 11.7 Å². The number of amides is 2. The lowest BCUT2D eigenvalue weighted by Gasteiger charge is -2.22. The van der Waals surface area contributed by atoms with Crippen LogP contribution in [0.2, 0.25) is 0 Å². The third-order valence-electron chi connectivity index (χ3n) is 4.73. The zero-order valence-corrected chi connectivity index (χ0v) is 14.9. The van der Waals surface area contributed by atoms with Gasteiger partial charge < -0.3 is 14.7 Å². The van der Waals surface area contributed by atoms with E-state index in [4.69, 9.17) is 4.52 Å². The highest BCUT2D eigenvalue weighted by molar-refractivity contribution is 5.90. The summed E-state index contributed by atoms with van der Waals surface area (Å²) >= 11 is 0. The SMILES string of the molecule is Cc1ccccc1NC(=O)N1CCCC1c1nc(-c2ccc(F)cc2)no1. The molecule has 1 fully saturated rings. The molecule has 2 aromatic carbocycles. The molecule has 2 heterocycles. The van der Waals surface area contributed by atoms with Gasteiger partial charge >= 0.3 is 6.03 Å². The quantitative estimate of drug-likeness (QED) is 0.738. The number of para-hydroxylation sites is 1. The predicted molar refractivity (Wildman–Crippen MR) is 98.6 cm³/mol. The molecular weight excluding hydrogens is 347 g/mol. The summed E-state index contributed by atoms with van der Waals surface area (Å²) in [5.41, 5.74) is 2.45. The lowest BCUT2D eigenvalue weighted by molar-refractivity contribution is 0.193. The number of carbonyl (C=O) groups excluding carboxylic acids is 1. The molecule has 1 aliphatic rings. The maximum atomic E-state index is 13.1. The summed E-state index contributed by atoms with van der Waals surface area (Å²) < 4.78 is 18.5. The second-order valence-electron chi connectivity index (χ2n) is 6.56. The average molecular weight is 366 g/mol. The summed E-state index contributed by atoms with van der Waals surface area (Å²) in [5.74, 6) is 0.459. The molecule has 6 nitrogen and oxygen atoms in total. The molecule has 4 rings (SSSR count). The Kier molecular flexibility index (Phi) is 4.58. The molecule has 0 saturated carbocycles.